The van der Waals surface area contributed by atoms with Crippen molar-refractivity contribution in [1.29, 1.82) is 0 Å². The minimum atomic E-state index is -0.0757. The van der Waals surface area contributed by atoms with Crippen LogP contribution in [0.15, 0.2) is 18.6 Å². The van der Waals surface area contributed by atoms with Gasteiger partial charge in [-0.2, -0.15) is 0 Å². The number of anilines is 1. The van der Waals surface area contributed by atoms with Crippen molar-refractivity contribution in [2.45, 2.75) is 39.7 Å². The number of aryl methyl sites for hydroxylation is 1. The van der Waals surface area contributed by atoms with Crippen LogP contribution in [0.4, 0.5) is 5.13 Å². The second-order valence-electron chi connectivity index (χ2n) is 6.41. The molecule has 1 saturated heterocycles. The highest BCUT2D eigenvalue weighted by Gasteiger charge is 2.21. The SMILES string of the molecule is CC(=O)Nc1ncc(CN2CCC[C@@H](Cc3cncc(C)n3)C2)s1. The summed E-state index contributed by atoms with van der Waals surface area (Å²) in [4.78, 5) is 27.8. The first-order valence-electron chi connectivity index (χ1n) is 8.30. The van der Waals surface area contributed by atoms with Gasteiger partial charge < -0.3 is 5.32 Å². The van der Waals surface area contributed by atoms with Gasteiger partial charge in [-0.1, -0.05) is 0 Å². The number of hydrogen-bond donors (Lipinski definition) is 1. The van der Waals surface area contributed by atoms with E-state index in [1.165, 1.54) is 24.6 Å². The summed E-state index contributed by atoms with van der Waals surface area (Å²) in [6, 6.07) is 0. The van der Waals surface area contributed by atoms with E-state index in [1.807, 2.05) is 19.3 Å². The third-order valence-electron chi connectivity index (χ3n) is 4.12. The molecule has 6 nitrogen and oxygen atoms in total. The monoisotopic (exact) mass is 345 g/mol. The fourth-order valence-electron chi connectivity index (χ4n) is 3.18. The van der Waals surface area contributed by atoms with E-state index in [9.17, 15) is 4.79 Å². The van der Waals surface area contributed by atoms with E-state index in [0.29, 0.717) is 11.0 Å². The quantitative estimate of drug-likeness (QED) is 0.902. The van der Waals surface area contributed by atoms with Crippen LogP contribution in [0.5, 0.6) is 0 Å². The standard InChI is InChI=1S/C17H23N5OS/c1-12-7-18-8-15(20-12)6-14-4-3-5-22(10-14)11-16-9-19-17(24-16)21-13(2)23/h7-9,14H,3-6,10-11H2,1-2H3,(H,19,21,23)/t14-/m0/s1. The van der Waals surface area contributed by atoms with Crippen molar-refractivity contribution >= 4 is 22.4 Å². The number of carbonyl (C=O) groups excluding carboxylic acids is 1. The molecule has 0 aromatic carbocycles. The summed E-state index contributed by atoms with van der Waals surface area (Å²) < 4.78 is 0. The highest BCUT2D eigenvalue weighted by atomic mass is 32.1. The molecule has 3 rings (SSSR count). The highest BCUT2D eigenvalue weighted by Crippen LogP contribution is 2.24. The number of rotatable bonds is 5. The maximum atomic E-state index is 11.1. The Balaban J connectivity index is 1.55. The van der Waals surface area contributed by atoms with Gasteiger partial charge >= 0.3 is 0 Å². The number of hydrogen-bond acceptors (Lipinski definition) is 6. The third kappa shape index (κ3) is 4.82. The number of carbonyl (C=O) groups is 1. The number of likely N-dealkylation sites (tertiary alicyclic amines) is 1. The molecule has 1 aliphatic heterocycles. The first-order valence-corrected chi connectivity index (χ1v) is 9.12. The van der Waals surface area contributed by atoms with E-state index in [-0.39, 0.29) is 5.91 Å². The summed E-state index contributed by atoms with van der Waals surface area (Å²) >= 11 is 1.55. The molecule has 0 aliphatic carbocycles. The summed E-state index contributed by atoms with van der Waals surface area (Å²) in [7, 11) is 0. The number of aromatic nitrogens is 3. The second kappa shape index (κ2) is 7.81. The van der Waals surface area contributed by atoms with Gasteiger partial charge in [0.25, 0.3) is 0 Å². The van der Waals surface area contributed by atoms with E-state index in [4.69, 9.17) is 0 Å². The van der Waals surface area contributed by atoms with E-state index < -0.39 is 0 Å². The minimum Gasteiger partial charge on any atom is -0.302 e. The Kier molecular flexibility index (Phi) is 5.52. The highest BCUT2D eigenvalue weighted by molar-refractivity contribution is 7.15. The minimum absolute atomic E-state index is 0.0757. The Morgan fingerprint density at radius 3 is 3.08 bits per heavy atom. The molecule has 0 radical (unpaired) electrons. The summed E-state index contributed by atoms with van der Waals surface area (Å²) in [5.41, 5.74) is 2.07. The van der Waals surface area contributed by atoms with Crippen LogP contribution >= 0.6 is 11.3 Å². The molecule has 2 aromatic rings. The molecule has 2 aromatic heterocycles. The third-order valence-corrected chi connectivity index (χ3v) is 5.02. The fourth-order valence-corrected chi connectivity index (χ4v) is 4.08. The molecule has 0 unspecified atom stereocenters. The Morgan fingerprint density at radius 1 is 1.42 bits per heavy atom. The van der Waals surface area contributed by atoms with Crippen LogP contribution in [0.1, 0.15) is 36.0 Å². The molecule has 1 fully saturated rings. The number of piperidine rings is 1. The Labute approximate surface area is 146 Å². The molecule has 0 spiro atoms. The van der Waals surface area contributed by atoms with Gasteiger partial charge in [-0.05, 0) is 38.6 Å². The average molecular weight is 345 g/mol. The molecule has 0 bridgehead atoms. The number of amides is 1. The molecule has 128 valence electrons. The molecule has 0 saturated carbocycles. The van der Waals surface area contributed by atoms with Gasteiger partial charge in [-0.25, -0.2) is 4.98 Å². The van der Waals surface area contributed by atoms with Crippen LogP contribution in [0, 0.1) is 12.8 Å². The van der Waals surface area contributed by atoms with E-state index >= 15 is 0 Å². The lowest BCUT2D eigenvalue weighted by molar-refractivity contribution is -0.114. The average Bonchev–Trinajstić information content (AvgIpc) is 2.94. The van der Waals surface area contributed by atoms with Crippen molar-refractivity contribution in [3.05, 3.63) is 34.9 Å². The Bertz CT molecular complexity index is 702. The summed E-state index contributed by atoms with van der Waals surface area (Å²) in [6.45, 7) is 6.57. The van der Waals surface area contributed by atoms with Crippen molar-refractivity contribution in [1.82, 2.24) is 19.9 Å². The fraction of sp³-hybridized carbons (Fsp3) is 0.529. The molecular weight excluding hydrogens is 322 g/mol. The van der Waals surface area contributed by atoms with Crippen molar-refractivity contribution < 1.29 is 4.79 Å². The molecule has 1 atom stereocenters. The summed E-state index contributed by atoms with van der Waals surface area (Å²) in [5, 5.41) is 3.43. The summed E-state index contributed by atoms with van der Waals surface area (Å²) in [5.74, 6) is 0.547. The summed E-state index contributed by atoms with van der Waals surface area (Å²) in [6.07, 6.45) is 8.99. The van der Waals surface area contributed by atoms with Crippen LogP contribution in [0.25, 0.3) is 0 Å². The smallest absolute Gasteiger partial charge is 0.223 e. The first kappa shape index (κ1) is 17.0. The maximum absolute atomic E-state index is 11.1. The van der Waals surface area contributed by atoms with Gasteiger partial charge in [0, 0.05) is 43.5 Å². The Morgan fingerprint density at radius 2 is 2.29 bits per heavy atom. The second-order valence-corrected chi connectivity index (χ2v) is 7.53. The predicted molar refractivity (Wildman–Crippen MR) is 94.9 cm³/mol. The molecule has 7 heteroatoms. The topological polar surface area (TPSA) is 71.0 Å². The van der Waals surface area contributed by atoms with Gasteiger partial charge in [0.1, 0.15) is 0 Å². The van der Waals surface area contributed by atoms with Crippen molar-refractivity contribution in [2.24, 2.45) is 5.92 Å². The lowest BCUT2D eigenvalue weighted by atomic mass is 9.93. The zero-order valence-corrected chi connectivity index (χ0v) is 15.0. The van der Waals surface area contributed by atoms with E-state index in [0.717, 1.165) is 37.4 Å². The zero-order chi connectivity index (χ0) is 16.9. The van der Waals surface area contributed by atoms with Crippen molar-refractivity contribution in [3.63, 3.8) is 0 Å². The van der Waals surface area contributed by atoms with Gasteiger partial charge in [0.15, 0.2) is 5.13 Å². The lowest BCUT2D eigenvalue weighted by Gasteiger charge is -2.32. The molecule has 24 heavy (non-hydrogen) atoms. The van der Waals surface area contributed by atoms with Crippen LogP contribution in [0.2, 0.25) is 0 Å². The Hall–Kier alpha value is -1.86. The van der Waals surface area contributed by atoms with Crippen molar-refractivity contribution in [2.75, 3.05) is 18.4 Å². The zero-order valence-electron chi connectivity index (χ0n) is 14.2. The van der Waals surface area contributed by atoms with Crippen LogP contribution in [-0.2, 0) is 17.8 Å². The molecule has 1 N–H and O–H groups in total. The maximum Gasteiger partial charge on any atom is 0.223 e. The van der Waals surface area contributed by atoms with E-state index in [2.05, 4.69) is 25.2 Å². The van der Waals surface area contributed by atoms with Crippen LogP contribution in [-0.4, -0.2) is 38.8 Å². The lowest BCUT2D eigenvalue weighted by Crippen LogP contribution is -2.35. The molecule has 1 aliphatic rings. The molecule has 1 amide bonds. The van der Waals surface area contributed by atoms with E-state index in [1.54, 1.807) is 17.5 Å². The molecule has 3 heterocycles. The largest absolute Gasteiger partial charge is 0.302 e. The van der Waals surface area contributed by atoms with Gasteiger partial charge in [0.05, 0.1) is 11.4 Å². The normalized spacial score (nSPS) is 18.5. The van der Waals surface area contributed by atoms with Crippen LogP contribution < -0.4 is 5.32 Å². The van der Waals surface area contributed by atoms with Gasteiger partial charge in [0.2, 0.25) is 5.91 Å². The number of thiazole rings is 1. The van der Waals surface area contributed by atoms with Gasteiger partial charge in [-0.15, -0.1) is 11.3 Å². The molecular formula is C17H23N5OS. The van der Waals surface area contributed by atoms with Crippen LogP contribution in [0.3, 0.4) is 0 Å². The number of nitrogens with one attached hydrogen (secondary N) is 1. The van der Waals surface area contributed by atoms with Crippen molar-refractivity contribution in [3.8, 4) is 0 Å². The first-order chi connectivity index (χ1) is 11.6. The van der Waals surface area contributed by atoms with Gasteiger partial charge in [-0.3, -0.25) is 19.7 Å². The predicted octanol–water partition coefficient (Wildman–Crippen LogP) is 2.65. The number of nitrogens with zero attached hydrogens (tertiary/aromatic N) is 4.